The molecule has 0 aliphatic heterocycles. The minimum absolute atomic E-state index is 0.155. The maximum atomic E-state index is 11.4. The van der Waals surface area contributed by atoms with Gasteiger partial charge in [0.05, 0.1) is 5.60 Å². The van der Waals surface area contributed by atoms with Crippen molar-refractivity contribution in [1.82, 2.24) is 9.97 Å². The number of primary amides is 1. The average molecular weight is 315 g/mol. The largest absolute Gasteiger partial charge is 0.389 e. The molecule has 4 aliphatic carbocycles. The van der Waals surface area contributed by atoms with Crippen LogP contribution in [-0.2, 0) is 0 Å². The van der Waals surface area contributed by atoms with Gasteiger partial charge in [-0.15, -0.1) is 0 Å². The Morgan fingerprint density at radius 2 is 2.22 bits per heavy atom. The van der Waals surface area contributed by atoms with E-state index in [4.69, 9.17) is 5.73 Å². The molecule has 122 valence electrons. The van der Waals surface area contributed by atoms with Crippen LogP contribution in [0, 0.1) is 23.2 Å². The summed E-state index contributed by atoms with van der Waals surface area (Å²) in [5.74, 6) is 2.25. The van der Waals surface area contributed by atoms with Gasteiger partial charge in [0.2, 0.25) is 5.95 Å². The first-order valence-corrected chi connectivity index (χ1v) is 8.32. The molecular formula is C16H21N5O2. The fourth-order valence-corrected chi connectivity index (χ4v) is 6.23. The number of nitrogens with two attached hydrogens (primary N) is 1. The summed E-state index contributed by atoms with van der Waals surface area (Å²) < 4.78 is 0. The third-order valence-electron chi connectivity index (χ3n) is 7.06. The highest BCUT2D eigenvalue weighted by atomic mass is 16.3. The Bertz CT molecular complexity index is 724. The Balaban J connectivity index is 1.43. The molecule has 4 aliphatic rings. The number of aromatic nitrogens is 2. The summed E-state index contributed by atoms with van der Waals surface area (Å²) >= 11 is 0. The number of amides is 1. The Hall–Kier alpha value is -1.89. The van der Waals surface area contributed by atoms with Crippen molar-refractivity contribution < 1.29 is 9.90 Å². The smallest absolute Gasteiger partial charge is 0.267 e. The normalized spacial score (nSPS) is 45.0. The maximum Gasteiger partial charge on any atom is 0.267 e. The number of anilines is 2. The number of carbonyl (C=O) groups is 1. The second-order valence-electron chi connectivity index (χ2n) is 7.73. The second kappa shape index (κ2) is 3.95. The van der Waals surface area contributed by atoms with Crippen LogP contribution in [0.5, 0.6) is 0 Å². The van der Waals surface area contributed by atoms with Crippen molar-refractivity contribution in [3.05, 3.63) is 11.8 Å². The minimum atomic E-state index is -0.560. The highest BCUT2D eigenvalue weighted by Crippen LogP contribution is 2.82. The topological polar surface area (TPSA) is 113 Å². The van der Waals surface area contributed by atoms with E-state index in [2.05, 4.69) is 20.6 Å². The van der Waals surface area contributed by atoms with Crippen LogP contribution in [0.15, 0.2) is 6.07 Å². The number of rotatable bonds is 4. The van der Waals surface area contributed by atoms with E-state index in [9.17, 15) is 9.90 Å². The lowest BCUT2D eigenvalue weighted by Crippen LogP contribution is -2.75. The lowest BCUT2D eigenvalue weighted by Gasteiger charge is -2.72. The van der Waals surface area contributed by atoms with Crippen LogP contribution in [0.4, 0.5) is 11.8 Å². The van der Waals surface area contributed by atoms with Crippen LogP contribution < -0.4 is 16.4 Å². The Morgan fingerprint density at radius 3 is 2.87 bits per heavy atom. The molecule has 7 heteroatoms. The zero-order valence-electron chi connectivity index (χ0n) is 13.0. The van der Waals surface area contributed by atoms with E-state index >= 15 is 0 Å². The Kier molecular flexibility index (Phi) is 2.33. The molecule has 5 N–H and O–H groups in total. The van der Waals surface area contributed by atoms with Crippen molar-refractivity contribution >= 4 is 17.7 Å². The van der Waals surface area contributed by atoms with E-state index in [0.29, 0.717) is 35.6 Å². The number of nitrogens with one attached hydrogen (secondary N) is 2. The molecule has 6 atom stereocenters. The van der Waals surface area contributed by atoms with Gasteiger partial charge in [-0.1, -0.05) is 0 Å². The SMILES string of the molecule is CNc1cc(C(N)=O)nc(NC2C3CC4CC5(O)CC2C45C3)n1. The molecule has 0 saturated heterocycles. The second-order valence-corrected chi connectivity index (χ2v) is 7.73. The minimum Gasteiger partial charge on any atom is -0.389 e. The van der Waals surface area contributed by atoms with E-state index in [1.54, 1.807) is 13.1 Å². The zero-order chi connectivity index (χ0) is 16.0. The monoisotopic (exact) mass is 315 g/mol. The predicted octanol–water partition coefficient (Wildman–Crippen LogP) is 0.579. The lowest BCUT2D eigenvalue weighted by atomic mass is 9.35. The highest BCUT2D eigenvalue weighted by molar-refractivity contribution is 5.91. The molecule has 1 heterocycles. The van der Waals surface area contributed by atoms with Crippen molar-refractivity contribution in [1.29, 1.82) is 0 Å². The summed E-state index contributed by atoms with van der Waals surface area (Å²) in [5.41, 5.74) is 5.32. The fraction of sp³-hybridized carbons (Fsp3) is 0.688. The van der Waals surface area contributed by atoms with Gasteiger partial charge in [0.15, 0.2) is 0 Å². The third kappa shape index (κ3) is 1.42. The number of nitrogens with zero attached hydrogens (tertiary/aromatic N) is 2. The predicted molar refractivity (Wildman–Crippen MR) is 83.8 cm³/mol. The molecule has 1 amide bonds. The molecule has 5 rings (SSSR count). The average Bonchev–Trinajstić information content (AvgIpc) is 3.01. The highest BCUT2D eigenvalue weighted by Gasteiger charge is 2.83. The van der Waals surface area contributed by atoms with Gasteiger partial charge in [-0.2, -0.15) is 4.98 Å². The van der Waals surface area contributed by atoms with Crippen LogP contribution in [0.1, 0.15) is 36.2 Å². The molecule has 4 fully saturated rings. The quantitative estimate of drug-likeness (QED) is 0.646. The fourth-order valence-electron chi connectivity index (χ4n) is 6.23. The van der Waals surface area contributed by atoms with Crippen LogP contribution >= 0.6 is 0 Å². The van der Waals surface area contributed by atoms with E-state index in [0.717, 1.165) is 19.3 Å². The van der Waals surface area contributed by atoms with Crippen molar-refractivity contribution in [2.24, 2.45) is 28.9 Å². The molecule has 0 radical (unpaired) electrons. The molecule has 1 aromatic heterocycles. The third-order valence-corrected chi connectivity index (χ3v) is 7.06. The van der Waals surface area contributed by atoms with Crippen LogP contribution in [0.25, 0.3) is 0 Å². The first-order valence-electron chi connectivity index (χ1n) is 8.32. The number of hydrogen-bond donors (Lipinski definition) is 4. The molecular weight excluding hydrogens is 294 g/mol. The van der Waals surface area contributed by atoms with Crippen molar-refractivity contribution in [2.45, 2.75) is 37.3 Å². The van der Waals surface area contributed by atoms with Gasteiger partial charge in [0.1, 0.15) is 11.5 Å². The van der Waals surface area contributed by atoms with Gasteiger partial charge in [0.25, 0.3) is 5.91 Å². The molecule has 23 heavy (non-hydrogen) atoms. The lowest BCUT2D eigenvalue weighted by molar-refractivity contribution is -0.306. The summed E-state index contributed by atoms with van der Waals surface area (Å²) in [7, 11) is 1.75. The van der Waals surface area contributed by atoms with Crippen LogP contribution in [0.3, 0.4) is 0 Å². The molecule has 1 spiro atoms. The molecule has 1 aromatic rings. The number of hydrogen-bond acceptors (Lipinski definition) is 6. The number of aliphatic hydroxyl groups is 1. The van der Waals surface area contributed by atoms with Gasteiger partial charge in [0, 0.05) is 24.6 Å². The molecule has 6 unspecified atom stereocenters. The number of carbonyl (C=O) groups excluding carboxylic acids is 1. The van der Waals surface area contributed by atoms with Crippen LogP contribution in [0.2, 0.25) is 0 Å². The number of fused-ring (bicyclic) bond motifs is 1. The Labute approximate surface area is 134 Å². The molecule has 2 bridgehead atoms. The van der Waals surface area contributed by atoms with E-state index in [-0.39, 0.29) is 11.1 Å². The van der Waals surface area contributed by atoms with Gasteiger partial charge >= 0.3 is 0 Å². The van der Waals surface area contributed by atoms with Crippen molar-refractivity contribution in [3.8, 4) is 0 Å². The van der Waals surface area contributed by atoms with Crippen molar-refractivity contribution in [2.75, 3.05) is 17.7 Å². The first kappa shape index (κ1) is 13.5. The molecule has 7 nitrogen and oxygen atoms in total. The summed E-state index contributed by atoms with van der Waals surface area (Å²) in [6, 6.07) is 1.84. The zero-order valence-corrected chi connectivity index (χ0v) is 13.0. The van der Waals surface area contributed by atoms with E-state index in [1.807, 2.05) is 0 Å². The summed E-state index contributed by atoms with van der Waals surface area (Å²) in [4.78, 5) is 20.1. The van der Waals surface area contributed by atoms with E-state index < -0.39 is 11.5 Å². The maximum absolute atomic E-state index is 11.4. The van der Waals surface area contributed by atoms with Gasteiger partial charge in [-0.3, -0.25) is 4.79 Å². The van der Waals surface area contributed by atoms with E-state index in [1.165, 1.54) is 6.42 Å². The van der Waals surface area contributed by atoms with Gasteiger partial charge in [-0.25, -0.2) is 4.98 Å². The summed E-state index contributed by atoms with van der Waals surface area (Å²) in [5, 5.41) is 17.1. The Morgan fingerprint density at radius 1 is 1.39 bits per heavy atom. The summed E-state index contributed by atoms with van der Waals surface area (Å²) in [6.07, 6.45) is 4.17. The molecule has 4 saturated carbocycles. The van der Waals surface area contributed by atoms with Crippen LogP contribution in [-0.4, -0.2) is 39.7 Å². The van der Waals surface area contributed by atoms with Gasteiger partial charge in [-0.05, 0) is 43.4 Å². The first-order chi connectivity index (χ1) is 11.0. The standard InChI is InChI=1S/C16H21N5O2/c1-18-11-3-10(13(17)22)19-14(20-11)21-12-7-2-8-5-15(23)6-9(12)16(8,15)4-7/h3,7-9,12,23H,2,4-6H2,1H3,(H2,17,22)(H2,18,19,20,21). The summed E-state index contributed by atoms with van der Waals surface area (Å²) in [6.45, 7) is 0. The van der Waals surface area contributed by atoms with Crippen molar-refractivity contribution in [3.63, 3.8) is 0 Å². The van der Waals surface area contributed by atoms with Gasteiger partial charge < -0.3 is 21.5 Å². The molecule has 0 aromatic carbocycles.